The first-order chi connectivity index (χ1) is 8.36. The number of hydrogen-bond donors (Lipinski definition) is 2. The lowest BCUT2D eigenvalue weighted by molar-refractivity contribution is 0.352. The molecular formula is C11H22N4O2S. The van der Waals surface area contributed by atoms with Crippen LogP contribution in [0.4, 0.5) is 0 Å². The smallest absolute Gasteiger partial charge is 0.262 e. The zero-order valence-electron chi connectivity index (χ0n) is 11.4. The van der Waals surface area contributed by atoms with Gasteiger partial charge in [0, 0.05) is 30.4 Å². The Morgan fingerprint density at radius 1 is 1.44 bits per heavy atom. The summed E-state index contributed by atoms with van der Waals surface area (Å²) in [5.74, 6) is 0. The molecule has 18 heavy (non-hydrogen) atoms. The van der Waals surface area contributed by atoms with Crippen LogP contribution in [0.25, 0.3) is 0 Å². The first-order valence-corrected chi connectivity index (χ1v) is 7.56. The number of nitrogens with zero attached hydrogens (tertiary/aromatic N) is 2. The van der Waals surface area contributed by atoms with E-state index in [0.717, 1.165) is 6.42 Å². The van der Waals surface area contributed by atoms with Crippen LogP contribution in [0.15, 0.2) is 5.03 Å². The minimum Gasteiger partial charge on any atom is -0.326 e. The number of rotatable bonds is 6. The van der Waals surface area contributed by atoms with Crippen LogP contribution in [-0.4, -0.2) is 35.5 Å². The van der Waals surface area contributed by atoms with Crippen LogP contribution < -0.4 is 5.73 Å². The monoisotopic (exact) mass is 274 g/mol. The van der Waals surface area contributed by atoms with Gasteiger partial charge in [-0.05, 0) is 27.2 Å². The lowest BCUT2D eigenvalue weighted by atomic mass is 10.3. The fraction of sp³-hybridized carbons (Fsp3) is 0.727. The van der Waals surface area contributed by atoms with Gasteiger partial charge in [-0.2, -0.15) is 9.40 Å². The van der Waals surface area contributed by atoms with Crippen molar-refractivity contribution in [3.63, 3.8) is 0 Å². The summed E-state index contributed by atoms with van der Waals surface area (Å²) in [6.07, 6.45) is 0.763. The summed E-state index contributed by atoms with van der Waals surface area (Å²) in [5, 5.41) is 6.66. The summed E-state index contributed by atoms with van der Waals surface area (Å²) >= 11 is 0. The molecule has 0 spiro atoms. The number of nitrogens with two attached hydrogens (primary N) is 1. The van der Waals surface area contributed by atoms with E-state index in [-0.39, 0.29) is 17.6 Å². The highest BCUT2D eigenvalue weighted by Gasteiger charge is 2.31. The van der Waals surface area contributed by atoms with Crippen molar-refractivity contribution < 1.29 is 8.42 Å². The van der Waals surface area contributed by atoms with Crippen molar-refractivity contribution in [3.05, 3.63) is 11.3 Å². The second kappa shape index (κ2) is 5.81. The van der Waals surface area contributed by atoms with Crippen LogP contribution in [-0.2, 0) is 16.6 Å². The topological polar surface area (TPSA) is 92.1 Å². The summed E-state index contributed by atoms with van der Waals surface area (Å²) in [6, 6.07) is -0.0995. The normalized spacial score (nSPS) is 12.6. The minimum absolute atomic E-state index is 0.0599. The molecule has 0 aliphatic heterocycles. The number of sulfonamides is 1. The van der Waals surface area contributed by atoms with Crippen molar-refractivity contribution in [1.29, 1.82) is 0 Å². The first kappa shape index (κ1) is 15.1. The summed E-state index contributed by atoms with van der Waals surface area (Å²) in [5.41, 5.74) is 6.87. The van der Waals surface area contributed by atoms with E-state index in [1.165, 1.54) is 4.31 Å². The molecule has 0 bridgehead atoms. The highest BCUT2D eigenvalue weighted by atomic mass is 32.2. The third-order valence-electron chi connectivity index (χ3n) is 2.81. The average molecular weight is 274 g/mol. The van der Waals surface area contributed by atoms with Crippen molar-refractivity contribution in [2.75, 3.05) is 6.54 Å². The van der Waals surface area contributed by atoms with E-state index in [1.807, 2.05) is 20.8 Å². The second-order valence-electron chi connectivity index (χ2n) is 4.55. The van der Waals surface area contributed by atoms with E-state index >= 15 is 0 Å². The molecule has 0 aromatic carbocycles. The lowest BCUT2D eigenvalue weighted by Crippen LogP contribution is -2.38. The molecule has 0 saturated carbocycles. The van der Waals surface area contributed by atoms with Crippen LogP contribution in [0.5, 0.6) is 0 Å². The van der Waals surface area contributed by atoms with Crippen LogP contribution in [0, 0.1) is 6.92 Å². The molecule has 6 nitrogen and oxygen atoms in total. The maximum Gasteiger partial charge on any atom is 0.262 e. The predicted molar refractivity (Wildman–Crippen MR) is 70.5 cm³/mol. The van der Waals surface area contributed by atoms with Crippen LogP contribution in [0.2, 0.25) is 0 Å². The molecule has 0 aliphatic rings. The molecule has 1 aromatic heterocycles. The van der Waals surface area contributed by atoms with E-state index in [2.05, 4.69) is 10.2 Å². The first-order valence-electron chi connectivity index (χ1n) is 6.12. The molecule has 104 valence electrons. The molecule has 1 heterocycles. The van der Waals surface area contributed by atoms with E-state index in [9.17, 15) is 8.42 Å². The molecule has 7 heteroatoms. The van der Waals surface area contributed by atoms with Gasteiger partial charge in [-0.25, -0.2) is 8.42 Å². The van der Waals surface area contributed by atoms with Crippen LogP contribution in [0.3, 0.4) is 0 Å². The van der Waals surface area contributed by atoms with Gasteiger partial charge < -0.3 is 5.73 Å². The van der Waals surface area contributed by atoms with E-state index in [1.54, 1.807) is 6.92 Å². The van der Waals surface area contributed by atoms with Crippen molar-refractivity contribution in [2.45, 2.75) is 51.7 Å². The third-order valence-corrected chi connectivity index (χ3v) is 4.86. The van der Waals surface area contributed by atoms with E-state index in [4.69, 9.17) is 5.73 Å². The van der Waals surface area contributed by atoms with Crippen molar-refractivity contribution in [3.8, 4) is 0 Å². The highest BCUT2D eigenvalue weighted by molar-refractivity contribution is 7.89. The molecule has 0 aliphatic carbocycles. The number of aryl methyl sites for hydroxylation is 1. The van der Waals surface area contributed by atoms with Crippen LogP contribution >= 0.6 is 0 Å². The maximum atomic E-state index is 12.5. The molecule has 0 radical (unpaired) electrons. The SMILES string of the molecule is CCCN(C(C)C)S(=O)(=O)c1n[nH]c(C)c1CN. The Bertz CT molecular complexity index is 493. The largest absolute Gasteiger partial charge is 0.326 e. The van der Waals surface area contributed by atoms with Gasteiger partial charge in [0.15, 0.2) is 5.03 Å². The summed E-state index contributed by atoms with van der Waals surface area (Å²) in [7, 11) is -3.57. The predicted octanol–water partition coefficient (Wildman–Crippen LogP) is 0.986. The van der Waals surface area contributed by atoms with Gasteiger partial charge >= 0.3 is 0 Å². The highest BCUT2D eigenvalue weighted by Crippen LogP contribution is 2.21. The maximum absolute atomic E-state index is 12.5. The molecule has 0 unspecified atom stereocenters. The number of hydrogen-bond acceptors (Lipinski definition) is 4. The lowest BCUT2D eigenvalue weighted by Gasteiger charge is -2.24. The molecule has 1 rings (SSSR count). The van der Waals surface area contributed by atoms with E-state index < -0.39 is 10.0 Å². The molecule has 0 amide bonds. The molecule has 1 aromatic rings. The molecule has 0 fully saturated rings. The minimum atomic E-state index is -3.57. The fourth-order valence-corrected chi connectivity index (χ4v) is 3.78. The van der Waals surface area contributed by atoms with Crippen LogP contribution in [0.1, 0.15) is 38.4 Å². The zero-order chi connectivity index (χ0) is 13.9. The van der Waals surface area contributed by atoms with Gasteiger partial charge in [0.1, 0.15) is 0 Å². The number of nitrogens with one attached hydrogen (secondary N) is 1. The summed E-state index contributed by atoms with van der Waals surface area (Å²) < 4.78 is 26.5. The second-order valence-corrected chi connectivity index (χ2v) is 6.35. The zero-order valence-corrected chi connectivity index (χ0v) is 12.2. The van der Waals surface area contributed by atoms with Gasteiger partial charge in [-0.3, -0.25) is 5.10 Å². The standard InChI is InChI=1S/C11H22N4O2S/c1-5-6-15(8(2)3)18(16,17)11-10(7-12)9(4)13-14-11/h8H,5-7,12H2,1-4H3,(H,13,14). The number of H-pyrrole nitrogens is 1. The van der Waals surface area contributed by atoms with Gasteiger partial charge in [0.25, 0.3) is 10.0 Å². The van der Waals surface area contributed by atoms with Gasteiger partial charge in [0.05, 0.1) is 0 Å². The fourth-order valence-electron chi connectivity index (χ4n) is 1.87. The molecule has 0 atom stereocenters. The Morgan fingerprint density at radius 2 is 2.06 bits per heavy atom. The number of aromatic amines is 1. The average Bonchev–Trinajstić information content (AvgIpc) is 2.67. The van der Waals surface area contributed by atoms with Gasteiger partial charge in [0.2, 0.25) is 0 Å². The Labute approximate surface area is 109 Å². The summed E-state index contributed by atoms with van der Waals surface area (Å²) in [6.45, 7) is 8.08. The Hall–Kier alpha value is -0.920. The van der Waals surface area contributed by atoms with Gasteiger partial charge in [-0.15, -0.1) is 0 Å². The Kier molecular flexibility index (Phi) is 4.89. The molecule has 0 saturated heterocycles. The number of aromatic nitrogens is 2. The summed E-state index contributed by atoms with van der Waals surface area (Å²) in [4.78, 5) is 0. The van der Waals surface area contributed by atoms with Gasteiger partial charge in [-0.1, -0.05) is 6.92 Å². The quantitative estimate of drug-likeness (QED) is 0.809. The molecular weight excluding hydrogens is 252 g/mol. The Balaban J connectivity index is 3.26. The van der Waals surface area contributed by atoms with Crippen molar-refractivity contribution in [1.82, 2.24) is 14.5 Å². The Morgan fingerprint density at radius 3 is 2.50 bits per heavy atom. The molecule has 3 N–H and O–H groups in total. The van der Waals surface area contributed by atoms with E-state index in [0.29, 0.717) is 17.8 Å². The third kappa shape index (κ3) is 2.73. The van der Waals surface area contributed by atoms with Crippen molar-refractivity contribution >= 4 is 10.0 Å². The van der Waals surface area contributed by atoms with Crippen molar-refractivity contribution in [2.24, 2.45) is 5.73 Å².